The molecule has 1 aromatic carbocycles. The molecular formula is C28H30F3N7O3. The molecule has 216 valence electrons. The number of amides is 1. The third kappa shape index (κ3) is 7.13. The molecule has 0 radical (unpaired) electrons. The molecule has 5 rings (SSSR count). The van der Waals surface area contributed by atoms with Gasteiger partial charge in [-0.2, -0.15) is 23.5 Å². The fourth-order valence-corrected chi connectivity index (χ4v) is 4.77. The Balaban J connectivity index is 0.000000201. The molecule has 3 aromatic rings. The van der Waals surface area contributed by atoms with Crippen LogP contribution in [0, 0.1) is 17.2 Å². The molecule has 0 aliphatic carbocycles. The number of hydrogen-bond donors (Lipinski definition) is 1. The summed E-state index contributed by atoms with van der Waals surface area (Å²) < 4.78 is 43.5. The second kappa shape index (κ2) is 12.7. The number of nitrogens with zero attached hydrogens (tertiary/aromatic N) is 6. The maximum atomic E-state index is 12.8. The Bertz CT molecular complexity index is 1450. The number of anilines is 2. The number of carbonyl (C=O) groups excluding carboxylic acids is 1. The molecule has 4 heterocycles. The minimum atomic E-state index is -4.66. The van der Waals surface area contributed by atoms with E-state index < -0.39 is 17.3 Å². The van der Waals surface area contributed by atoms with Gasteiger partial charge in [0.05, 0.1) is 24.6 Å². The molecule has 10 nitrogen and oxygen atoms in total. The van der Waals surface area contributed by atoms with E-state index >= 15 is 0 Å². The predicted molar refractivity (Wildman–Crippen MR) is 146 cm³/mol. The zero-order valence-corrected chi connectivity index (χ0v) is 22.7. The minimum absolute atomic E-state index is 0.0151. The average Bonchev–Trinajstić information content (AvgIpc) is 3.42. The number of rotatable bonds is 4. The number of pyridine rings is 1. The van der Waals surface area contributed by atoms with Crippen LogP contribution in [0.5, 0.6) is 5.75 Å². The van der Waals surface area contributed by atoms with Gasteiger partial charge in [-0.3, -0.25) is 9.59 Å². The highest BCUT2D eigenvalue weighted by atomic mass is 19.4. The highest BCUT2D eigenvalue weighted by Gasteiger charge is 2.39. The van der Waals surface area contributed by atoms with Crippen molar-refractivity contribution in [3.63, 3.8) is 0 Å². The van der Waals surface area contributed by atoms with Gasteiger partial charge in [0.25, 0.3) is 11.5 Å². The van der Waals surface area contributed by atoms with Gasteiger partial charge in [0.2, 0.25) is 0 Å². The van der Waals surface area contributed by atoms with Crippen molar-refractivity contribution in [1.82, 2.24) is 20.1 Å². The third-order valence-electron chi connectivity index (χ3n) is 6.97. The normalized spacial score (nSPS) is 17.0. The van der Waals surface area contributed by atoms with Crippen LogP contribution in [-0.4, -0.2) is 72.4 Å². The molecule has 13 heteroatoms. The summed E-state index contributed by atoms with van der Waals surface area (Å²) >= 11 is 0. The Kier molecular flexibility index (Phi) is 9.11. The lowest BCUT2D eigenvalue weighted by molar-refractivity contribution is -0.138. The lowest BCUT2D eigenvalue weighted by Gasteiger charge is -2.35. The van der Waals surface area contributed by atoms with Gasteiger partial charge >= 0.3 is 6.18 Å². The van der Waals surface area contributed by atoms with Crippen molar-refractivity contribution in [1.29, 1.82) is 5.26 Å². The van der Waals surface area contributed by atoms with Crippen molar-refractivity contribution in [2.75, 3.05) is 56.2 Å². The Morgan fingerprint density at radius 1 is 1.10 bits per heavy atom. The molecule has 1 unspecified atom stereocenters. The first-order valence-corrected chi connectivity index (χ1v) is 13.0. The Morgan fingerprint density at radius 2 is 1.85 bits per heavy atom. The lowest BCUT2D eigenvalue weighted by atomic mass is 10.1. The third-order valence-corrected chi connectivity index (χ3v) is 6.97. The van der Waals surface area contributed by atoms with Gasteiger partial charge in [-0.15, -0.1) is 0 Å². The highest BCUT2D eigenvalue weighted by molar-refractivity contribution is 5.94. The molecular weight excluding hydrogens is 539 g/mol. The fraction of sp³-hybridized carbons (Fsp3) is 0.393. The monoisotopic (exact) mass is 569 g/mol. The van der Waals surface area contributed by atoms with Crippen molar-refractivity contribution in [3.8, 4) is 11.8 Å². The van der Waals surface area contributed by atoms with Gasteiger partial charge in [0.1, 0.15) is 23.2 Å². The van der Waals surface area contributed by atoms with Crippen molar-refractivity contribution >= 4 is 17.4 Å². The number of alkyl halides is 3. The van der Waals surface area contributed by atoms with Gasteiger partial charge in [0.15, 0.2) is 0 Å². The molecule has 0 bridgehead atoms. The number of hydrogen-bond acceptors (Lipinski definition) is 8. The molecule has 1 N–H and O–H groups in total. The van der Waals surface area contributed by atoms with E-state index in [4.69, 9.17) is 10.00 Å². The van der Waals surface area contributed by atoms with Gasteiger partial charge in [-0.25, -0.2) is 10.1 Å². The van der Waals surface area contributed by atoms with Crippen LogP contribution in [-0.2, 0) is 6.18 Å². The van der Waals surface area contributed by atoms with Gasteiger partial charge < -0.3 is 19.4 Å². The summed E-state index contributed by atoms with van der Waals surface area (Å²) in [6.45, 7) is 5.72. The molecule has 2 aliphatic rings. The first kappa shape index (κ1) is 29.4. The van der Waals surface area contributed by atoms with Crippen LogP contribution >= 0.6 is 0 Å². The summed E-state index contributed by atoms with van der Waals surface area (Å²) in [4.78, 5) is 33.7. The van der Waals surface area contributed by atoms with Crippen LogP contribution in [0.3, 0.4) is 0 Å². The Hall–Kier alpha value is -4.60. The number of nitriles is 1. The van der Waals surface area contributed by atoms with Crippen LogP contribution in [0.25, 0.3) is 0 Å². The zero-order valence-electron chi connectivity index (χ0n) is 22.7. The van der Waals surface area contributed by atoms with E-state index in [0.717, 1.165) is 18.4 Å². The van der Waals surface area contributed by atoms with Crippen LogP contribution in [0.4, 0.5) is 24.7 Å². The molecule has 0 spiro atoms. The van der Waals surface area contributed by atoms with Gasteiger partial charge in [-0.1, -0.05) is 13.0 Å². The van der Waals surface area contributed by atoms with Gasteiger partial charge in [0, 0.05) is 51.0 Å². The highest BCUT2D eigenvalue weighted by Crippen LogP contribution is 2.35. The van der Waals surface area contributed by atoms with Gasteiger partial charge in [-0.05, 0) is 42.7 Å². The van der Waals surface area contributed by atoms with Crippen molar-refractivity contribution in [2.45, 2.75) is 19.5 Å². The fourth-order valence-electron chi connectivity index (χ4n) is 4.77. The summed E-state index contributed by atoms with van der Waals surface area (Å²) in [5.41, 5.74) is -1.27. The van der Waals surface area contributed by atoms with E-state index in [9.17, 15) is 22.8 Å². The Labute approximate surface area is 235 Å². The van der Waals surface area contributed by atoms with E-state index in [2.05, 4.69) is 21.1 Å². The van der Waals surface area contributed by atoms with E-state index in [-0.39, 0.29) is 11.6 Å². The molecule has 2 aromatic heterocycles. The number of H-pyrrole nitrogens is 1. The molecule has 2 fully saturated rings. The molecule has 0 saturated carbocycles. The second-order valence-electron chi connectivity index (χ2n) is 9.83. The summed E-state index contributed by atoms with van der Waals surface area (Å²) in [6.07, 6.45) is -1.19. The average molecular weight is 570 g/mol. The summed E-state index contributed by atoms with van der Waals surface area (Å²) in [5, 5.41) is 14.1. The van der Waals surface area contributed by atoms with Crippen LogP contribution in [0.1, 0.15) is 34.8 Å². The summed E-state index contributed by atoms with van der Waals surface area (Å²) in [6, 6.07) is 12.9. The molecule has 41 heavy (non-hydrogen) atoms. The predicted octanol–water partition coefficient (Wildman–Crippen LogP) is 3.56. The Morgan fingerprint density at radius 3 is 2.44 bits per heavy atom. The number of carbonyl (C=O) groups is 1. The van der Waals surface area contributed by atoms with Crippen LogP contribution in [0.2, 0.25) is 0 Å². The van der Waals surface area contributed by atoms with E-state index in [1.165, 1.54) is 0 Å². The minimum Gasteiger partial charge on any atom is -0.497 e. The number of methoxy groups -OCH3 is 1. The zero-order chi connectivity index (χ0) is 29.6. The summed E-state index contributed by atoms with van der Waals surface area (Å²) in [7, 11) is 1.59. The molecule has 1 amide bonds. The standard InChI is InChI=1S/C18H18N4O2.C10H12F3N3O/c1-24-16-4-2-3-15(11-16)18(23)22-9-7-21(8-10-22)17-6-5-14(12-19)13-20-17;1-6-2-3-16(5-6)7-4-14-15-9(17)8(7)10(11,12)13/h2-6,11,13H,7-10H2,1H3;4,6H,2-3,5H2,1H3,(H,15,17). The second-order valence-corrected chi connectivity index (χ2v) is 9.83. The summed E-state index contributed by atoms with van der Waals surface area (Å²) in [5.74, 6) is 1.86. The number of nitrogens with one attached hydrogen (secondary N) is 1. The number of piperazine rings is 1. The number of ether oxygens (including phenoxy) is 1. The first-order chi connectivity index (χ1) is 19.6. The maximum Gasteiger partial charge on any atom is 0.423 e. The topological polar surface area (TPSA) is 118 Å². The maximum absolute atomic E-state index is 12.8. The van der Waals surface area contributed by atoms with E-state index in [0.29, 0.717) is 62.1 Å². The van der Waals surface area contributed by atoms with Crippen molar-refractivity contribution in [2.24, 2.45) is 5.92 Å². The number of benzene rings is 1. The quantitative estimate of drug-likeness (QED) is 0.507. The first-order valence-electron chi connectivity index (χ1n) is 13.0. The number of aromatic amines is 1. The number of aromatic nitrogens is 3. The molecule has 2 saturated heterocycles. The van der Waals surface area contributed by atoms with Crippen LogP contribution in [0.15, 0.2) is 53.6 Å². The van der Waals surface area contributed by atoms with E-state index in [1.807, 2.05) is 35.1 Å². The van der Waals surface area contributed by atoms with Crippen molar-refractivity contribution < 1.29 is 22.7 Å². The molecule has 2 aliphatic heterocycles. The van der Waals surface area contributed by atoms with Crippen molar-refractivity contribution in [3.05, 3.63) is 75.8 Å². The smallest absolute Gasteiger partial charge is 0.423 e. The van der Waals surface area contributed by atoms with Crippen LogP contribution < -0.4 is 20.1 Å². The molecule has 1 atom stereocenters. The number of halogens is 3. The largest absolute Gasteiger partial charge is 0.497 e. The SMILES string of the molecule is CC1CCN(c2cn[nH]c(=O)c2C(F)(F)F)C1.COc1cccc(C(=O)N2CCN(c3ccc(C#N)cn3)CC2)c1. The van der Waals surface area contributed by atoms with E-state index in [1.54, 1.807) is 36.4 Å². The lowest BCUT2D eigenvalue weighted by Crippen LogP contribution is -2.49.